The van der Waals surface area contributed by atoms with Crippen LogP contribution in [0.15, 0.2) is 40.8 Å². The van der Waals surface area contributed by atoms with Gasteiger partial charge in [0, 0.05) is 12.3 Å². The van der Waals surface area contributed by atoms with Gasteiger partial charge in [0.15, 0.2) is 5.76 Å². The SMILES string of the molecule is NCc1ccc(C(=O)Nc2ccc(CCO)cc2)o1. The van der Waals surface area contributed by atoms with Gasteiger partial charge < -0.3 is 20.6 Å². The highest BCUT2D eigenvalue weighted by atomic mass is 16.4. The van der Waals surface area contributed by atoms with Gasteiger partial charge in [0.25, 0.3) is 5.91 Å². The fraction of sp³-hybridized carbons (Fsp3) is 0.214. The van der Waals surface area contributed by atoms with Gasteiger partial charge in [-0.15, -0.1) is 0 Å². The van der Waals surface area contributed by atoms with Crippen molar-refractivity contribution in [1.29, 1.82) is 0 Å². The van der Waals surface area contributed by atoms with Gasteiger partial charge in [-0.25, -0.2) is 0 Å². The summed E-state index contributed by atoms with van der Waals surface area (Å²) in [5.74, 6) is 0.498. The van der Waals surface area contributed by atoms with Crippen LogP contribution in [0.4, 0.5) is 5.69 Å². The first-order valence-corrected chi connectivity index (χ1v) is 6.03. The number of anilines is 1. The van der Waals surface area contributed by atoms with E-state index < -0.39 is 0 Å². The molecule has 0 radical (unpaired) electrons. The fourth-order valence-electron chi connectivity index (χ4n) is 1.69. The van der Waals surface area contributed by atoms with Crippen molar-refractivity contribution in [3.05, 3.63) is 53.5 Å². The number of amides is 1. The number of hydrogen-bond acceptors (Lipinski definition) is 4. The van der Waals surface area contributed by atoms with E-state index in [9.17, 15) is 4.79 Å². The third-order valence-corrected chi connectivity index (χ3v) is 2.70. The van der Waals surface area contributed by atoms with E-state index in [1.807, 2.05) is 12.1 Å². The number of carbonyl (C=O) groups is 1. The zero-order chi connectivity index (χ0) is 13.7. The van der Waals surface area contributed by atoms with Gasteiger partial charge in [0.1, 0.15) is 5.76 Å². The molecule has 19 heavy (non-hydrogen) atoms. The molecule has 1 aromatic carbocycles. The van der Waals surface area contributed by atoms with Crippen LogP contribution >= 0.6 is 0 Å². The Morgan fingerprint density at radius 3 is 2.53 bits per heavy atom. The van der Waals surface area contributed by atoms with E-state index >= 15 is 0 Å². The van der Waals surface area contributed by atoms with E-state index in [4.69, 9.17) is 15.3 Å². The first-order valence-electron chi connectivity index (χ1n) is 6.03. The molecule has 1 aromatic heterocycles. The van der Waals surface area contributed by atoms with E-state index in [1.54, 1.807) is 24.3 Å². The van der Waals surface area contributed by atoms with Crippen LogP contribution in [-0.2, 0) is 13.0 Å². The molecule has 0 saturated carbocycles. The van der Waals surface area contributed by atoms with Crippen LogP contribution in [0.1, 0.15) is 21.9 Å². The number of nitrogens with one attached hydrogen (secondary N) is 1. The Kier molecular flexibility index (Phi) is 4.33. The number of nitrogens with two attached hydrogens (primary N) is 1. The van der Waals surface area contributed by atoms with Crippen LogP contribution < -0.4 is 11.1 Å². The number of aliphatic hydroxyl groups excluding tert-OH is 1. The lowest BCUT2D eigenvalue weighted by molar-refractivity contribution is 0.0995. The molecular weight excluding hydrogens is 244 g/mol. The lowest BCUT2D eigenvalue weighted by Crippen LogP contribution is -2.10. The topological polar surface area (TPSA) is 88.5 Å². The van der Waals surface area contributed by atoms with E-state index in [-0.39, 0.29) is 24.8 Å². The Morgan fingerprint density at radius 1 is 1.21 bits per heavy atom. The monoisotopic (exact) mass is 260 g/mol. The molecule has 5 heteroatoms. The fourth-order valence-corrected chi connectivity index (χ4v) is 1.69. The van der Waals surface area contributed by atoms with Crippen molar-refractivity contribution in [2.45, 2.75) is 13.0 Å². The summed E-state index contributed by atoms with van der Waals surface area (Å²) in [7, 11) is 0. The van der Waals surface area contributed by atoms with Crippen molar-refractivity contribution >= 4 is 11.6 Å². The molecule has 2 rings (SSSR count). The quantitative estimate of drug-likeness (QED) is 0.760. The molecule has 1 heterocycles. The van der Waals surface area contributed by atoms with Crippen LogP contribution in [0.25, 0.3) is 0 Å². The number of hydrogen-bond donors (Lipinski definition) is 3. The lowest BCUT2D eigenvalue weighted by Gasteiger charge is -2.04. The summed E-state index contributed by atoms with van der Waals surface area (Å²) < 4.78 is 5.26. The zero-order valence-corrected chi connectivity index (χ0v) is 10.4. The van der Waals surface area contributed by atoms with Crippen molar-refractivity contribution in [3.63, 3.8) is 0 Å². The third kappa shape index (κ3) is 3.43. The van der Waals surface area contributed by atoms with Crippen LogP contribution in [-0.4, -0.2) is 17.6 Å². The van der Waals surface area contributed by atoms with Gasteiger partial charge in [0.05, 0.1) is 6.54 Å². The number of rotatable bonds is 5. The predicted molar refractivity (Wildman–Crippen MR) is 71.8 cm³/mol. The second kappa shape index (κ2) is 6.17. The zero-order valence-electron chi connectivity index (χ0n) is 10.4. The first kappa shape index (κ1) is 13.3. The Bertz CT molecular complexity index is 546. The van der Waals surface area contributed by atoms with Crippen molar-refractivity contribution in [2.75, 3.05) is 11.9 Å². The summed E-state index contributed by atoms with van der Waals surface area (Å²) >= 11 is 0. The van der Waals surface area contributed by atoms with Crippen molar-refractivity contribution in [3.8, 4) is 0 Å². The summed E-state index contributed by atoms with van der Waals surface area (Å²) in [6.07, 6.45) is 0.603. The molecule has 1 amide bonds. The highest BCUT2D eigenvalue weighted by molar-refractivity contribution is 6.02. The predicted octanol–water partition coefficient (Wildman–Crippen LogP) is 1.53. The molecule has 4 N–H and O–H groups in total. The Balaban J connectivity index is 2.01. The maximum Gasteiger partial charge on any atom is 0.291 e. The molecule has 0 spiro atoms. The minimum Gasteiger partial charge on any atom is -0.455 e. The Labute approximate surface area is 111 Å². The van der Waals surface area contributed by atoms with Crippen LogP contribution in [0.2, 0.25) is 0 Å². The number of benzene rings is 1. The maximum atomic E-state index is 11.9. The normalized spacial score (nSPS) is 10.4. The standard InChI is InChI=1S/C14H16N2O3/c15-9-12-5-6-13(19-12)14(18)16-11-3-1-10(2-4-11)7-8-17/h1-6,17H,7-9,15H2,(H,16,18). The van der Waals surface area contributed by atoms with E-state index in [0.717, 1.165) is 5.56 Å². The molecule has 0 atom stereocenters. The van der Waals surface area contributed by atoms with E-state index in [1.165, 1.54) is 0 Å². The molecule has 0 aliphatic heterocycles. The summed E-state index contributed by atoms with van der Waals surface area (Å²) in [5.41, 5.74) is 7.11. The average molecular weight is 260 g/mol. The number of carbonyl (C=O) groups excluding carboxylic acids is 1. The molecule has 0 aliphatic rings. The molecule has 2 aromatic rings. The van der Waals surface area contributed by atoms with Crippen molar-refractivity contribution in [1.82, 2.24) is 0 Å². The highest BCUT2D eigenvalue weighted by Crippen LogP contribution is 2.13. The van der Waals surface area contributed by atoms with Gasteiger partial charge in [-0.3, -0.25) is 4.79 Å². The first-order chi connectivity index (χ1) is 9.22. The van der Waals surface area contributed by atoms with Gasteiger partial charge in [0.2, 0.25) is 0 Å². The second-order valence-electron chi connectivity index (χ2n) is 4.09. The third-order valence-electron chi connectivity index (χ3n) is 2.70. The summed E-state index contributed by atoms with van der Waals surface area (Å²) in [4.78, 5) is 11.9. The highest BCUT2D eigenvalue weighted by Gasteiger charge is 2.10. The molecule has 0 saturated heterocycles. The van der Waals surface area contributed by atoms with Crippen LogP contribution in [0.5, 0.6) is 0 Å². The smallest absolute Gasteiger partial charge is 0.291 e. The minimum atomic E-state index is -0.311. The molecule has 0 unspecified atom stereocenters. The molecule has 0 bridgehead atoms. The second-order valence-corrected chi connectivity index (χ2v) is 4.09. The molecule has 0 fully saturated rings. The van der Waals surface area contributed by atoms with Crippen molar-refractivity contribution in [2.24, 2.45) is 5.73 Å². The Morgan fingerprint density at radius 2 is 1.95 bits per heavy atom. The summed E-state index contributed by atoms with van der Waals surface area (Å²) in [6, 6.07) is 10.6. The largest absolute Gasteiger partial charge is 0.455 e. The minimum absolute atomic E-state index is 0.111. The van der Waals surface area contributed by atoms with E-state index in [2.05, 4.69) is 5.32 Å². The lowest BCUT2D eigenvalue weighted by atomic mass is 10.1. The van der Waals surface area contributed by atoms with Gasteiger partial charge >= 0.3 is 0 Å². The maximum absolute atomic E-state index is 11.9. The van der Waals surface area contributed by atoms with Crippen LogP contribution in [0, 0.1) is 0 Å². The number of aliphatic hydroxyl groups is 1. The van der Waals surface area contributed by atoms with Gasteiger partial charge in [-0.1, -0.05) is 12.1 Å². The average Bonchev–Trinajstić information content (AvgIpc) is 2.90. The van der Waals surface area contributed by atoms with E-state index in [0.29, 0.717) is 17.9 Å². The van der Waals surface area contributed by atoms with Crippen molar-refractivity contribution < 1.29 is 14.3 Å². The molecule has 5 nitrogen and oxygen atoms in total. The van der Waals surface area contributed by atoms with Gasteiger partial charge in [-0.2, -0.15) is 0 Å². The summed E-state index contributed by atoms with van der Waals surface area (Å²) in [5, 5.41) is 11.5. The molecule has 0 aliphatic carbocycles. The van der Waals surface area contributed by atoms with Gasteiger partial charge in [-0.05, 0) is 36.2 Å². The Hall–Kier alpha value is -2.11. The molecular formula is C14H16N2O3. The number of furan rings is 1. The van der Waals surface area contributed by atoms with Crippen LogP contribution in [0.3, 0.4) is 0 Å². The molecule has 100 valence electrons. The summed E-state index contributed by atoms with van der Waals surface area (Å²) in [6.45, 7) is 0.378.